The van der Waals surface area contributed by atoms with E-state index in [0.717, 1.165) is 5.69 Å². The van der Waals surface area contributed by atoms with Gasteiger partial charge in [-0.15, -0.1) is 0 Å². The predicted molar refractivity (Wildman–Crippen MR) is 120 cm³/mol. The lowest BCUT2D eigenvalue weighted by Gasteiger charge is -2.17. The van der Waals surface area contributed by atoms with E-state index in [1.807, 2.05) is 30.3 Å². The summed E-state index contributed by atoms with van der Waals surface area (Å²) in [4.78, 5) is 24.7. The highest BCUT2D eigenvalue weighted by molar-refractivity contribution is 6.47. The van der Waals surface area contributed by atoms with Crippen LogP contribution in [0.15, 0.2) is 58.7 Å². The van der Waals surface area contributed by atoms with Gasteiger partial charge in [-0.05, 0) is 30.3 Å². The molecule has 0 fully saturated rings. The number of nitrogens with two attached hydrogens (primary N) is 1. The van der Waals surface area contributed by atoms with Crippen LogP contribution in [0.4, 0.5) is 11.4 Å². The van der Waals surface area contributed by atoms with E-state index in [1.165, 1.54) is 12.1 Å². The molecule has 2 amide bonds. The van der Waals surface area contributed by atoms with E-state index in [9.17, 15) is 9.59 Å². The second-order valence-corrected chi connectivity index (χ2v) is 7.26. The molecule has 158 valence electrons. The van der Waals surface area contributed by atoms with E-state index in [1.54, 1.807) is 17.1 Å². The molecule has 0 aromatic heterocycles. The van der Waals surface area contributed by atoms with Crippen LogP contribution in [0.25, 0.3) is 0 Å². The van der Waals surface area contributed by atoms with Crippen LogP contribution in [0.5, 0.6) is 0 Å². The number of nitrogens with zero attached hydrogens (tertiary/aromatic N) is 4. The van der Waals surface area contributed by atoms with Crippen molar-refractivity contribution in [3.05, 3.63) is 58.6 Å². The highest BCUT2D eigenvalue weighted by Crippen LogP contribution is 2.26. The molecule has 0 bridgehead atoms. The highest BCUT2D eigenvalue weighted by Gasteiger charge is 2.34. The van der Waals surface area contributed by atoms with Crippen LogP contribution in [-0.2, 0) is 9.59 Å². The summed E-state index contributed by atoms with van der Waals surface area (Å²) in [5, 5.41) is 21.8. The Labute approximate surface area is 188 Å². The Bertz CT molecular complexity index is 1100. The summed E-state index contributed by atoms with van der Waals surface area (Å²) in [6.07, 6.45) is -0.407. The predicted octanol–water partition coefficient (Wildman–Crippen LogP) is 2.73. The molecule has 0 aliphatic carbocycles. The molecular formula is C20H17Cl2N7O2. The smallest absolute Gasteiger partial charge is 0.272 e. The minimum atomic E-state index is -0.703. The number of amides is 2. The zero-order valence-electron chi connectivity index (χ0n) is 16.0. The fourth-order valence-corrected chi connectivity index (χ4v) is 3.09. The normalized spacial score (nSPS) is 15.8. The Kier molecular flexibility index (Phi) is 7.07. The minimum absolute atomic E-state index is 0.0722. The van der Waals surface area contributed by atoms with Crippen LogP contribution < -0.4 is 21.5 Å². The van der Waals surface area contributed by atoms with Crippen molar-refractivity contribution < 1.29 is 9.59 Å². The molecule has 1 atom stereocenters. The van der Waals surface area contributed by atoms with Crippen molar-refractivity contribution in [2.75, 3.05) is 16.9 Å². The molecule has 9 nitrogen and oxygen atoms in total. The fraction of sp³-hybridized carbons (Fsp3) is 0.150. The average Bonchev–Trinajstić information content (AvgIpc) is 3.13. The van der Waals surface area contributed by atoms with Gasteiger partial charge in [-0.2, -0.15) is 15.5 Å². The van der Waals surface area contributed by atoms with Gasteiger partial charge in [0.05, 0.1) is 34.3 Å². The van der Waals surface area contributed by atoms with Crippen molar-refractivity contribution in [1.82, 2.24) is 5.43 Å². The van der Waals surface area contributed by atoms with Gasteiger partial charge in [0.15, 0.2) is 0 Å². The molecule has 1 unspecified atom stereocenters. The van der Waals surface area contributed by atoms with E-state index >= 15 is 0 Å². The maximum atomic E-state index is 13.0. The number of hydrogen-bond donors (Lipinski definition) is 3. The van der Waals surface area contributed by atoms with Crippen molar-refractivity contribution in [1.29, 1.82) is 5.26 Å². The molecule has 1 aliphatic rings. The summed E-state index contributed by atoms with van der Waals surface area (Å²) in [5.74, 6) is -1.82. The molecule has 2 aromatic carbocycles. The first-order valence-corrected chi connectivity index (χ1v) is 9.81. The van der Waals surface area contributed by atoms with E-state index in [-0.39, 0.29) is 23.1 Å². The number of anilines is 2. The maximum Gasteiger partial charge on any atom is 0.272 e. The molecule has 31 heavy (non-hydrogen) atoms. The standard InChI is InChI=1S/C20H17Cl2N7O2/c21-15-7-6-12(10-16(15)22)25-20(31)18(27-26-17(30)8-9-23)14-11-29(28-19(14)24)13-4-2-1-3-5-13/h1-7,10,14H,8,11H2,(H2,24,28)(H,25,31)(H,26,30). The minimum Gasteiger partial charge on any atom is -0.385 e. The van der Waals surface area contributed by atoms with Crippen LogP contribution in [0.1, 0.15) is 6.42 Å². The number of rotatable bonds is 6. The number of para-hydroxylation sites is 1. The molecule has 11 heteroatoms. The molecule has 1 heterocycles. The summed E-state index contributed by atoms with van der Waals surface area (Å²) in [5.41, 5.74) is 9.39. The zero-order chi connectivity index (χ0) is 22.4. The number of carbonyl (C=O) groups excluding carboxylic acids is 2. The Morgan fingerprint density at radius 1 is 1.23 bits per heavy atom. The van der Waals surface area contributed by atoms with E-state index in [4.69, 9.17) is 34.2 Å². The number of benzene rings is 2. The van der Waals surface area contributed by atoms with Gasteiger partial charge in [-0.1, -0.05) is 41.4 Å². The van der Waals surface area contributed by atoms with Crippen molar-refractivity contribution >= 4 is 57.9 Å². The Balaban J connectivity index is 1.85. The van der Waals surface area contributed by atoms with Gasteiger partial charge in [0, 0.05) is 5.69 Å². The number of amidine groups is 1. The van der Waals surface area contributed by atoms with E-state index in [0.29, 0.717) is 10.7 Å². The molecule has 4 N–H and O–H groups in total. The van der Waals surface area contributed by atoms with Crippen molar-refractivity contribution in [3.8, 4) is 6.07 Å². The molecule has 0 saturated carbocycles. The summed E-state index contributed by atoms with van der Waals surface area (Å²) in [6.45, 7) is 0.234. The third kappa shape index (κ3) is 5.51. The second kappa shape index (κ2) is 9.93. The lowest BCUT2D eigenvalue weighted by Crippen LogP contribution is -2.40. The fourth-order valence-electron chi connectivity index (χ4n) is 2.80. The quantitative estimate of drug-likeness (QED) is 0.452. The van der Waals surface area contributed by atoms with Crippen molar-refractivity contribution in [3.63, 3.8) is 0 Å². The zero-order valence-corrected chi connectivity index (χ0v) is 17.6. The van der Waals surface area contributed by atoms with Crippen LogP contribution >= 0.6 is 23.2 Å². The number of carbonyl (C=O) groups is 2. The number of hydrogen-bond acceptors (Lipinski definition) is 7. The van der Waals surface area contributed by atoms with E-state index < -0.39 is 24.2 Å². The van der Waals surface area contributed by atoms with Crippen molar-refractivity contribution in [2.45, 2.75) is 6.42 Å². The maximum absolute atomic E-state index is 13.0. The topological polar surface area (TPSA) is 136 Å². The van der Waals surface area contributed by atoms with Crippen LogP contribution in [-0.4, -0.2) is 29.9 Å². The Morgan fingerprint density at radius 2 is 1.97 bits per heavy atom. The molecule has 2 aromatic rings. The molecule has 3 rings (SSSR count). The van der Waals surface area contributed by atoms with Gasteiger partial charge in [0.1, 0.15) is 18.0 Å². The number of halogens is 2. The first kappa shape index (κ1) is 22.1. The highest BCUT2D eigenvalue weighted by atomic mass is 35.5. The molecular weight excluding hydrogens is 441 g/mol. The van der Waals surface area contributed by atoms with Crippen molar-refractivity contribution in [2.24, 2.45) is 21.9 Å². The van der Waals surface area contributed by atoms with Crippen LogP contribution in [0, 0.1) is 17.2 Å². The van der Waals surface area contributed by atoms with Crippen LogP contribution in [0.2, 0.25) is 10.0 Å². The number of nitriles is 1. The average molecular weight is 458 g/mol. The van der Waals surface area contributed by atoms with E-state index in [2.05, 4.69) is 20.9 Å². The lowest BCUT2D eigenvalue weighted by molar-refractivity contribution is -0.120. The van der Waals surface area contributed by atoms with Gasteiger partial charge in [0.2, 0.25) is 0 Å². The molecule has 1 aliphatic heterocycles. The number of nitrogens with one attached hydrogen (secondary N) is 2. The molecule has 0 radical (unpaired) electrons. The molecule has 0 spiro atoms. The first-order chi connectivity index (χ1) is 14.9. The van der Waals surface area contributed by atoms with Gasteiger partial charge in [-0.3, -0.25) is 14.6 Å². The third-order valence-electron chi connectivity index (χ3n) is 4.28. The van der Waals surface area contributed by atoms with Crippen LogP contribution in [0.3, 0.4) is 0 Å². The first-order valence-electron chi connectivity index (χ1n) is 9.05. The second-order valence-electron chi connectivity index (χ2n) is 6.45. The van der Waals surface area contributed by atoms with Gasteiger partial charge in [-0.25, -0.2) is 5.43 Å². The van der Waals surface area contributed by atoms with Gasteiger partial charge in [0.25, 0.3) is 11.8 Å². The monoisotopic (exact) mass is 457 g/mol. The molecule has 0 saturated heterocycles. The Morgan fingerprint density at radius 3 is 2.65 bits per heavy atom. The number of hydrazone groups is 2. The Hall–Kier alpha value is -3.61. The van der Waals surface area contributed by atoms with Gasteiger partial charge < -0.3 is 11.1 Å². The lowest BCUT2D eigenvalue weighted by atomic mass is 10.0. The summed E-state index contributed by atoms with van der Waals surface area (Å²) in [6, 6.07) is 15.6. The summed E-state index contributed by atoms with van der Waals surface area (Å²) in [7, 11) is 0. The van der Waals surface area contributed by atoms with Gasteiger partial charge >= 0.3 is 0 Å². The SMILES string of the molecule is N#CCC(=O)NN=C(C(=O)Nc1ccc(Cl)c(Cl)c1)C1CN(c2ccccc2)N=C1N. The largest absolute Gasteiger partial charge is 0.385 e. The third-order valence-corrected chi connectivity index (χ3v) is 5.02. The summed E-state index contributed by atoms with van der Waals surface area (Å²) >= 11 is 11.9. The summed E-state index contributed by atoms with van der Waals surface area (Å²) < 4.78 is 0.